The summed E-state index contributed by atoms with van der Waals surface area (Å²) in [6.07, 6.45) is 6.24. The van der Waals surface area contributed by atoms with E-state index in [-0.39, 0.29) is 25.0 Å². The molecule has 0 saturated heterocycles. The third kappa shape index (κ3) is 5.39. The summed E-state index contributed by atoms with van der Waals surface area (Å²) in [4.78, 5) is 26.5. The second-order valence-corrected chi connectivity index (χ2v) is 6.10. The molecular weight excluding hydrogens is 256 g/mol. The van der Waals surface area contributed by atoms with Gasteiger partial charge in [-0.15, -0.1) is 0 Å². The van der Waals surface area contributed by atoms with Crippen molar-refractivity contribution < 1.29 is 14.7 Å². The first-order valence-corrected chi connectivity index (χ1v) is 7.65. The highest BCUT2D eigenvalue weighted by Gasteiger charge is 2.24. The van der Waals surface area contributed by atoms with Crippen molar-refractivity contribution in [2.75, 3.05) is 20.1 Å². The van der Waals surface area contributed by atoms with Crippen molar-refractivity contribution in [3.63, 3.8) is 0 Å². The quantitative estimate of drug-likeness (QED) is 0.816. The molecule has 1 aliphatic rings. The van der Waals surface area contributed by atoms with Crippen LogP contribution in [0.5, 0.6) is 0 Å². The van der Waals surface area contributed by atoms with E-state index in [2.05, 4.69) is 0 Å². The summed E-state index contributed by atoms with van der Waals surface area (Å²) < 4.78 is 0. The molecular formula is C15H28N2O3. The minimum absolute atomic E-state index is 0.00118. The number of carbonyl (C=O) groups excluding carboxylic acids is 1. The normalized spacial score (nSPS) is 16.2. The molecule has 0 spiro atoms. The summed E-state index contributed by atoms with van der Waals surface area (Å²) in [6.45, 7) is 4.92. The number of carboxylic acid groups (broad SMARTS) is 1. The van der Waals surface area contributed by atoms with E-state index in [1.165, 1.54) is 32.1 Å². The summed E-state index contributed by atoms with van der Waals surface area (Å²) in [6, 6.07) is -0.0255. The van der Waals surface area contributed by atoms with Crippen molar-refractivity contribution in [3.05, 3.63) is 0 Å². The molecule has 5 heteroatoms. The van der Waals surface area contributed by atoms with Crippen LogP contribution < -0.4 is 0 Å². The van der Waals surface area contributed by atoms with Crippen molar-refractivity contribution in [2.24, 2.45) is 5.92 Å². The summed E-state index contributed by atoms with van der Waals surface area (Å²) >= 11 is 0. The minimum atomic E-state index is -0.863. The van der Waals surface area contributed by atoms with Crippen LogP contribution in [-0.4, -0.2) is 53.1 Å². The van der Waals surface area contributed by atoms with Gasteiger partial charge >= 0.3 is 12.0 Å². The van der Waals surface area contributed by atoms with Gasteiger partial charge in [0.05, 0.1) is 6.42 Å². The summed E-state index contributed by atoms with van der Waals surface area (Å²) in [5, 5.41) is 8.77. The summed E-state index contributed by atoms with van der Waals surface area (Å²) in [5.41, 5.74) is 0. The van der Waals surface area contributed by atoms with Crippen LogP contribution in [0, 0.1) is 5.92 Å². The van der Waals surface area contributed by atoms with Crippen LogP contribution in [0.15, 0.2) is 0 Å². The third-order valence-corrected chi connectivity index (χ3v) is 4.02. The average molecular weight is 284 g/mol. The van der Waals surface area contributed by atoms with E-state index < -0.39 is 5.97 Å². The van der Waals surface area contributed by atoms with Gasteiger partial charge < -0.3 is 14.9 Å². The van der Waals surface area contributed by atoms with Gasteiger partial charge in [-0.25, -0.2) is 4.79 Å². The summed E-state index contributed by atoms with van der Waals surface area (Å²) in [5.74, 6) is -0.260. The number of carboxylic acids is 1. The number of urea groups is 1. The van der Waals surface area contributed by atoms with Gasteiger partial charge in [0.15, 0.2) is 0 Å². The Bertz CT molecular complexity index is 325. The zero-order chi connectivity index (χ0) is 15.1. The zero-order valence-corrected chi connectivity index (χ0v) is 13.0. The van der Waals surface area contributed by atoms with Crippen LogP contribution in [-0.2, 0) is 4.79 Å². The fraction of sp³-hybridized carbons (Fsp3) is 0.867. The Morgan fingerprint density at radius 2 is 1.80 bits per heavy atom. The topological polar surface area (TPSA) is 60.9 Å². The van der Waals surface area contributed by atoms with Crippen molar-refractivity contribution >= 4 is 12.0 Å². The lowest BCUT2D eigenvalue weighted by atomic mass is 9.89. The number of aliphatic carboxylic acids is 1. The molecule has 0 heterocycles. The Morgan fingerprint density at radius 1 is 1.20 bits per heavy atom. The van der Waals surface area contributed by atoms with Crippen molar-refractivity contribution in [2.45, 2.75) is 58.4 Å². The highest BCUT2D eigenvalue weighted by molar-refractivity contribution is 5.75. The van der Waals surface area contributed by atoms with E-state index >= 15 is 0 Å². The minimum Gasteiger partial charge on any atom is -0.481 e. The molecule has 1 fully saturated rings. The number of carbonyl (C=O) groups is 2. The van der Waals surface area contributed by atoms with Gasteiger partial charge in [-0.3, -0.25) is 4.79 Å². The van der Waals surface area contributed by atoms with Gasteiger partial charge in [-0.05, 0) is 32.6 Å². The smallest absolute Gasteiger partial charge is 0.319 e. The van der Waals surface area contributed by atoms with E-state index in [0.29, 0.717) is 5.92 Å². The Balaban J connectivity index is 2.51. The molecule has 0 bridgehead atoms. The van der Waals surface area contributed by atoms with E-state index in [1.807, 2.05) is 20.9 Å². The van der Waals surface area contributed by atoms with E-state index in [1.54, 1.807) is 9.80 Å². The molecule has 116 valence electrons. The highest BCUT2D eigenvalue weighted by atomic mass is 16.4. The first-order chi connectivity index (χ1) is 9.41. The molecule has 0 unspecified atom stereocenters. The average Bonchev–Trinajstić information content (AvgIpc) is 2.39. The number of hydrogen-bond acceptors (Lipinski definition) is 2. The third-order valence-electron chi connectivity index (χ3n) is 4.02. The lowest BCUT2D eigenvalue weighted by Crippen LogP contribution is -2.47. The first kappa shape index (κ1) is 16.8. The van der Waals surface area contributed by atoms with Gasteiger partial charge in [0.1, 0.15) is 0 Å². The number of amides is 2. The molecule has 5 nitrogen and oxygen atoms in total. The number of rotatable bonds is 6. The van der Waals surface area contributed by atoms with Crippen molar-refractivity contribution in [3.8, 4) is 0 Å². The molecule has 1 saturated carbocycles. The SMILES string of the molecule is CC(C)N(CCC(=O)O)C(=O)N(C)CC1CCCCC1. The number of hydrogen-bond donors (Lipinski definition) is 1. The molecule has 0 atom stereocenters. The fourth-order valence-corrected chi connectivity index (χ4v) is 2.85. The van der Waals surface area contributed by atoms with E-state index in [0.717, 1.165) is 6.54 Å². The maximum absolute atomic E-state index is 12.4. The van der Waals surface area contributed by atoms with Crippen LogP contribution in [0.1, 0.15) is 52.4 Å². The van der Waals surface area contributed by atoms with Crippen LogP contribution >= 0.6 is 0 Å². The Labute approximate surface area is 121 Å². The van der Waals surface area contributed by atoms with Crippen LogP contribution in [0.3, 0.4) is 0 Å². The van der Waals surface area contributed by atoms with E-state index in [9.17, 15) is 9.59 Å². The Morgan fingerprint density at radius 3 is 2.30 bits per heavy atom. The van der Waals surface area contributed by atoms with Gasteiger partial charge in [-0.1, -0.05) is 19.3 Å². The predicted octanol–water partition coefficient (Wildman–Crippen LogP) is 2.80. The van der Waals surface area contributed by atoms with Crippen LogP contribution in [0.25, 0.3) is 0 Å². The van der Waals surface area contributed by atoms with E-state index in [4.69, 9.17) is 5.11 Å². The van der Waals surface area contributed by atoms with Gasteiger partial charge in [-0.2, -0.15) is 0 Å². The maximum Gasteiger partial charge on any atom is 0.319 e. The summed E-state index contributed by atoms with van der Waals surface area (Å²) in [7, 11) is 1.83. The molecule has 1 N–H and O–H groups in total. The Hall–Kier alpha value is -1.26. The molecule has 0 aromatic heterocycles. The van der Waals surface area contributed by atoms with Gasteiger partial charge in [0, 0.05) is 26.2 Å². The lowest BCUT2D eigenvalue weighted by molar-refractivity contribution is -0.137. The standard InChI is InChI=1S/C15H28N2O3/c1-12(2)17(10-9-14(18)19)15(20)16(3)11-13-7-5-4-6-8-13/h12-13H,4-11H2,1-3H3,(H,18,19). The highest BCUT2D eigenvalue weighted by Crippen LogP contribution is 2.24. The molecule has 2 amide bonds. The molecule has 0 aromatic carbocycles. The van der Waals surface area contributed by atoms with Crippen molar-refractivity contribution in [1.82, 2.24) is 9.80 Å². The Kier molecular flexibility index (Phi) is 6.82. The molecule has 1 rings (SSSR count). The predicted molar refractivity (Wildman–Crippen MR) is 78.7 cm³/mol. The largest absolute Gasteiger partial charge is 0.481 e. The zero-order valence-electron chi connectivity index (χ0n) is 13.0. The molecule has 0 radical (unpaired) electrons. The van der Waals surface area contributed by atoms with Crippen molar-refractivity contribution in [1.29, 1.82) is 0 Å². The first-order valence-electron chi connectivity index (χ1n) is 7.65. The molecule has 0 aromatic rings. The lowest BCUT2D eigenvalue weighted by Gasteiger charge is -2.33. The van der Waals surface area contributed by atoms with Gasteiger partial charge in [0.25, 0.3) is 0 Å². The second kappa shape index (κ2) is 8.12. The molecule has 1 aliphatic carbocycles. The second-order valence-electron chi connectivity index (χ2n) is 6.10. The number of nitrogens with zero attached hydrogens (tertiary/aromatic N) is 2. The van der Waals surface area contributed by atoms with Crippen LogP contribution in [0.4, 0.5) is 4.79 Å². The van der Waals surface area contributed by atoms with Gasteiger partial charge in [0.2, 0.25) is 0 Å². The molecule has 0 aliphatic heterocycles. The maximum atomic E-state index is 12.4. The van der Waals surface area contributed by atoms with Crippen LogP contribution in [0.2, 0.25) is 0 Å². The monoisotopic (exact) mass is 284 g/mol. The molecule has 20 heavy (non-hydrogen) atoms. The fourth-order valence-electron chi connectivity index (χ4n) is 2.85.